The molecule has 3 N–H and O–H groups in total. The van der Waals surface area contributed by atoms with Gasteiger partial charge in [-0.3, -0.25) is 9.36 Å². The molecule has 2 amide bonds. The number of nitrogens with one attached hydrogen (secondary N) is 1. The summed E-state index contributed by atoms with van der Waals surface area (Å²) in [6.45, 7) is 6.90. The second-order valence-electron chi connectivity index (χ2n) is 7.99. The van der Waals surface area contributed by atoms with E-state index in [0.717, 1.165) is 16.4 Å². The molecule has 0 bridgehead atoms. The van der Waals surface area contributed by atoms with E-state index in [9.17, 15) is 22.8 Å². The Labute approximate surface area is 163 Å². The number of sulfone groups is 1. The first kappa shape index (κ1) is 21.7. The fourth-order valence-corrected chi connectivity index (χ4v) is 3.57. The second kappa shape index (κ2) is 7.42. The van der Waals surface area contributed by atoms with Crippen molar-refractivity contribution in [3.05, 3.63) is 34.2 Å². The smallest absolute Gasteiger partial charge is 0.337 e. The number of nitrogens with two attached hydrogens (primary N) is 1. The third kappa shape index (κ3) is 4.44. The van der Waals surface area contributed by atoms with Gasteiger partial charge in [-0.05, 0) is 24.0 Å². The maximum atomic E-state index is 13.0. The lowest BCUT2D eigenvalue weighted by Crippen LogP contribution is -2.54. The van der Waals surface area contributed by atoms with Gasteiger partial charge in [0.1, 0.15) is 15.9 Å². The van der Waals surface area contributed by atoms with Crippen molar-refractivity contribution in [2.45, 2.75) is 40.3 Å². The lowest BCUT2D eigenvalue weighted by molar-refractivity contribution is -0.122. The van der Waals surface area contributed by atoms with Crippen LogP contribution in [0.3, 0.4) is 0 Å². The second-order valence-corrected chi connectivity index (χ2v) is 10.3. The SMILES string of the molecule is Cc1cccc2c1n(CCS(C)(=O)=O)c(=O)n2C(=O)N[C@H](C(N)=O)C(C)(C)C. The fraction of sp³-hybridized carbons (Fsp3) is 0.500. The molecular weight excluding hydrogens is 384 g/mol. The number of aryl methyl sites for hydroxylation is 2. The number of para-hydroxylation sites is 1. The molecule has 0 fully saturated rings. The first-order chi connectivity index (χ1) is 12.7. The number of imidazole rings is 1. The number of benzene rings is 1. The number of carbonyl (C=O) groups is 2. The number of rotatable bonds is 5. The molecule has 0 aliphatic rings. The Morgan fingerprint density at radius 2 is 1.86 bits per heavy atom. The minimum absolute atomic E-state index is 0.0855. The van der Waals surface area contributed by atoms with Crippen LogP contribution in [0.15, 0.2) is 23.0 Å². The van der Waals surface area contributed by atoms with E-state index in [-0.39, 0.29) is 12.3 Å². The van der Waals surface area contributed by atoms with Gasteiger partial charge in [-0.15, -0.1) is 0 Å². The molecule has 9 nitrogen and oxygen atoms in total. The summed E-state index contributed by atoms with van der Waals surface area (Å²) in [4.78, 5) is 37.6. The van der Waals surface area contributed by atoms with Crippen molar-refractivity contribution < 1.29 is 18.0 Å². The predicted molar refractivity (Wildman–Crippen MR) is 107 cm³/mol. The molecule has 28 heavy (non-hydrogen) atoms. The van der Waals surface area contributed by atoms with Crippen molar-refractivity contribution in [2.24, 2.45) is 11.1 Å². The molecule has 0 spiro atoms. The van der Waals surface area contributed by atoms with Crippen LogP contribution in [0, 0.1) is 12.3 Å². The van der Waals surface area contributed by atoms with E-state index in [4.69, 9.17) is 5.73 Å². The molecule has 0 saturated heterocycles. The molecule has 0 unspecified atom stereocenters. The van der Waals surface area contributed by atoms with Crippen molar-refractivity contribution in [1.82, 2.24) is 14.5 Å². The average Bonchev–Trinajstić information content (AvgIpc) is 2.81. The summed E-state index contributed by atoms with van der Waals surface area (Å²) in [7, 11) is -3.31. The number of nitrogens with zero attached hydrogens (tertiary/aromatic N) is 2. The Kier molecular flexibility index (Phi) is 5.74. The Hall–Kier alpha value is -2.62. The quantitative estimate of drug-likeness (QED) is 0.745. The highest BCUT2D eigenvalue weighted by Gasteiger charge is 2.32. The van der Waals surface area contributed by atoms with Gasteiger partial charge in [0.25, 0.3) is 0 Å². The van der Waals surface area contributed by atoms with E-state index < -0.39 is 38.9 Å². The number of carbonyl (C=O) groups excluding carboxylic acids is 2. The molecule has 0 aliphatic heterocycles. The molecule has 1 heterocycles. The monoisotopic (exact) mass is 410 g/mol. The first-order valence-electron chi connectivity index (χ1n) is 8.73. The maximum Gasteiger partial charge on any atom is 0.337 e. The Balaban J connectivity index is 2.60. The summed E-state index contributed by atoms with van der Waals surface area (Å²) >= 11 is 0. The van der Waals surface area contributed by atoms with Gasteiger partial charge in [-0.1, -0.05) is 32.9 Å². The Bertz CT molecular complexity index is 1090. The molecule has 1 aromatic heterocycles. The summed E-state index contributed by atoms with van der Waals surface area (Å²) in [5.41, 5.74) is 5.59. The van der Waals surface area contributed by atoms with E-state index in [0.29, 0.717) is 11.0 Å². The van der Waals surface area contributed by atoms with Gasteiger partial charge in [0.2, 0.25) is 5.91 Å². The standard InChI is InChI=1S/C18H26N4O5S/c1-11-7-6-8-12-13(11)21(9-10-28(5,26)27)17(25)22(12)16(24)20-14(15(19)23)18(2,3)4/h6-8,14H,9-10H2,1-5H3,(H2,19,23)(H,20,24)/t14-/m1/s1. The number of hydrogen-bond acceptors (Lipinski definition) is 5. The van der Waals surface area contributed by atoms with Crippen LogP contribution in [0.2, 0.25) is 0 Å². The lowest BCUT2D eigenvalue weighted by Gasteiger charge is -2.28. The summed E-state index contributed by atoms with van der Waals surface area (Å²) in [6, 6.07) is 3.26. The normalized spacial score (nSPS) is 13.5. The maximum absolute atomic E-state index is 13.0. The average molecular weight is 410 g/mol. The molecular formula is C18H26N4O5S. The zero-order valence-electron chi connectivity index (χ0n) is 16.6. The lowest BCUT2D eigenvalue weighted by atomic mass is 9.86. The van der Waals surface area contributed by atoms with Crippen LogP contribution < -0.4 is 16.7 Å². The zero-order valence-corrected chi connectivity index (χ0v) is 17.5. The van der Waals surface area contributed by atoms with Gasteiger partial charge in [0.15, 0.2) is 0 Å². The number of primary amides is 1. The van der Waals surface area contributed by atoms with Crippen molar-refractivity contribution >= 4 is 32.8 Å². The summed E-state index contributed by atoms with van der Waals surface area (Å²) < 4.78 is 25.3. The van der Waals surface area contributed by atoms with Gasteiger partial charge in [0.05, 0.1) is 16.8 Å². The number of hydrogen-bond donors (Lipinski definition) is 2. The minimum atomic E-state index is -3.31. The third-order valence-corrected chi connectivity index (χ3v) is 5.38. The van der Waals surface area contributed by atoms with Crippen LogP contribution in [-0.2, 0) is 21.2 Å². The number of fused-ring (bicyclic) bond motifs is 1. The third-order valence-electron chi connectivity index (χ3n) is 4.46. The van der Waals surface area contributed by atoms with Gasteiger partial charge >= 0.3 is 11.7 Å². The highest BCUT2D eigenvalue weighted by Crippen LogP contribution is 2.21. The van der Waals surface area contributed by atoms with Crippen molar-refractivity contribution in [2.75, 3.05) is 12.0 Å². The molecule has 0 aliphatic carbocycles. The Morgan fingerprint density at radius 1 is 1.25 bits per heavy atom. The van der Waals surface area contributed by atoms with Crippen molar-refractivity contribution in [3.63, 3.8) is 0 Å². The summed E-state index contributed by atoms with van der Waals surface area (Å²) in [5, 5.41) is 2.53. The molecule has 0 radical (unpaired) electrons. The van der Waals surface area contributed by atoms with Crippen molar-refractivity contribution in [3.8, 4) is 0 Å². The van der Waals surface area contributed by atoms with Crippen LogP contribution in [0.25, 0.3) is 11.0 Å². The highest BCUT2D eigenvalue weighted by molar-refractivity contribution is 7.90. The molecule has 2 aromatic rings. The molecule has 10 heteroatoms. The molecule has 0 saturated carbocycles. The minimum Gasteiger partial charge on any atom is -0.368 e. The fourth-order valence-electron chi connectivity index (χ4n) is 3.06. The van der Waals surface area contributed by atoms with Gasteiger partial charge in [0, 0.05) is 12.8 Å². The Morgan fingerprint density at radius 3 is 2.36 bits per heavy atom. The van der Waals surface area contributed by atoms with E-state index in [2.05, 4.69) is 5.32 Å². The molecule has 1 atom stereocenters. The number of amides is 2. The topological polar surface area (TPSA) is 133 Å². The van der Waals surface area contributed by atoms with Gasteiger partial charge in [-0.2, -0.15) is 0 Å². The van der Waals surface area contributed by atoms with E-state index >= 15 is 0 Å². The first-order valence-corrected chi connectivity index (χ1v) is 10.8. The van der Waals surface area contributed by atoms with Gasteiger partial charge < -0.3 is 11.1 Å². The molecule has 2 rings (SSSR count). The van der Waals surface area contributed by atoms with Crippen LogP contribution in [0.1, 0.15) is 26.3 Å². The van der Waals surface area contributed by atoms with Crippen LogP contribution in [0.4, 0.5) is 4.79 Å². The van der Waals surface area contributed by atoms with Gasteiger partial charge in [-0.25, -0.2) is 22.6 Å². The summed E-state index contributed by atoms with van der Waals surface area (Å²) in [5.74, 6) is -0.959. The van der Waals surface area contributed by atoms with Crippen LogP contribution in [0.5, 0.6) is 0 Å². The largest absolute Gasteiger partial charge is 0.368 e. The molecule has 1 aromatic carbocycles. The highest BCUT2D eigenvalue weighted by atomic mass is 32.2. The summed E-state index contributed by atoms with van der Waals surface area (Å²) in [6.07, 6.45) is 1.08. The van der Waals surface area contributed by atoms with Crippen LogP contribution in [-0.4, -0.2) is 47.5 Å². The predicted octanol–water partition coefficient (Wildman–Crippen LogP) is 0.614. The van der Waals surface area contributed by atoms with Crippen molar-refractivity contribution in [1.29, 1.82) is 0 Å². The number of aromatic nitrogens is 2. The van der Waals surface area contributed by atoms with E-state index in [1.54, 1.807) is 45.9 Å². The molecule has 154 valence electrons. The zero-order chi connectivity index (χ0) is 21.4. The van der Waals surface area contributed by atoms with Crippen LogP contribution >= 0.6 is 0 Å². The van der Waals surface area contributed by atoms with E-state index in [1.807, 2.05) is 0 Å². The van der Waals surface area contributed by atoms with E-state index in [1.165, 1.54) is 4.57 Å².